The van der Waals surface area contributed by atoms with Crippen LogP contribution in [0.2, 0.25) is 0 Å². The third-order valence-corrected chi connectivity index (χ3v) is 13.0. The molecule has 69 heavy (non-hydrogen) atoms. The fourth-order valence-electron chi connectivity index (χ4n) is 9.16. The number of amides is 2. The van der Waals surface area contributed by atoms with E-state index in [1.165, 1.54) is 11.6 Å². The molecule has 11 nitrogen and oxygen atoms in total. The smallest absolute Gasteiger partial charge is 0.411 e. The Morgan fingerprint density at radius 1 is 0.754 bits per heavy atom. The highest BCUT2D eigenvalue weighted by Gasteiger charge is 2.24. The predicted molar refractivity (Wildman–Crippen MR) is 276 cm³/mol. The van der Waals surface area contributed by atoms with Gasteiger partial charge in [-0.2, -0.15) is 0 Å². The van der Waals surface area contributed by atoms with Gasteiger partial charge >= 0.3 is 6.09 Å². The highest BCUT2D eigenvalue weighted by atomic mass is 16.6. The zero-order valence-electron chi connectivity index (χ0n) is 39.5. The van der Waals surface area contributed by atoms with Gasteiger partial charge in [-0.25, -0.2) is 4.79 Å². The number of carbonyl (C=O) groups excluding carboxylic acids is 2. The van der Waals surface area contributed by atoms with Crippen molar-refractivity contribution in [3.05, 3.63) is 196 Å². The molecule has 0 unspecified atom stereocenters. The highest BCUT2D eigenvalue weighted by molar-refractivity contribution is 5.91. The van der Waals surface area contributed by atoms with E-state index in [0.29, 0.717) is 49.5 Å². The van der Waals surface area contributed by atoms with E-state index in [2.05, 4.69) is 62.6 Å². The summed E-state index contributed by atoms with van der Waals surface area (Å²) in [7, 11) is 1.88. The Morgan fingerprint density at radius 2 is 1.43 bits per heavy atom. The van der Waals surface area contributed by atoms with E-state index in [-0.39, 0.29) is 17.6 Å². The summed E-state index contributed by atoms with van der Waals surface area (Å²) < 4.78 is 12.0. The molecule has 0 spiro atoms. The van der Waals surface area contributed by atoms with E-state index in [9.17, 15) is 19.5 Å². The number of pyridine rings is 1. The van der Waals surface area contributed by atoms with E-state index in [4.69, 9.17) is 9.47 Å². The molecule has 356 valence electrons. The van der Waals surface area contributed by atoms with Gasteiger partial charge in [-0.15, -0.1) is 0 Å². The van der Waals surface area contributed by atoms with Crippen LogP contribution in [0, 0.1) is 0 Å². The van der Waals surface area contributed by atoms with Crippen molar-refractivity contribution < 1.29 is 24.2 Å². The second-order valence-electron chi connectivity index (χ2n) is 17.9. The number of hydrogen-bond donors (Lipinski definition) is 3. The van der Waals surface area contributed by atoms with Gasteiger partial charge in [-0.05, 0) is 84.2 Å². The molecule has 1 fully saturated rings. The lowest BCUT2D eigenvalue weighted by atomic mass is 9.99. The monoisotopic (exact) mass is 925 g/mol. The first kappa shape index (κ1) is 48.3. The molecule has 0 saturated carbocycles. The number of aliphatic hydroxyl groups is 1. The molecule has 7 aromatic rings. The van der Waals surface area contributed by atoms with Crippen LogP contribution in [-0.4, -0.2) is 84.3 Å². The summed E-state index contributed by atoms with van der Waals surface area (Å²) in [5, 5.41) is 15.8. The summed E-state index contributed by atoms with van der Waals surface area (Å²) >= 11 is 0. The van der Waals surface area contributed by atoms with Gasteiger partial charge in [-0.1, -0.05) is 140 Å². The number of aromatic amines is 1. The lowest BCUT2D eigenvalue weighted by Gasteiger charge is -2.32. The molecular weight excluding hydrogens is 863 g/mol. The van der Waals surface area contributed by atoms with Gasteiger partial charge < -0.3 is 34.3 Å². The summed E-state index contributed by atoms with van der Waals surface area (Å²) in [4.78, 5) is 48.2. The fourth-order valence-corrected chi connectivity index (χ4v) is 9.16. The number of ether oxygens (including phenoxy) is 2. The number of likely N-dealkylation sites (tertiary alicyclic amines) is 1. The summed E-state index contributed by atoms with van der Waals surface area (Å²) in [5.41, 5.74) is 8.13. The van der Waals surface area contributed by atoms with Gasteiger partial charge in [0.15, 0.2) is 0 Å². The summed E-state index contributed by atoms with van der Waals surface area (Å²) in [5.74, 6) is 0.672. The molecule has 8 rings (SSSR count). The zero-order valence-corrected chi connectivity index (χ0v) is 39.5. The number of H-pyrrole nitrogens is 1. The van der Waals surface area contributed by atoms with Gasteiger partial charge in [-0.3, -0.25) is 14.9 Å². The SMILES string of the molecule is CN(CCN1CCC(OC(=O)Nc2ccccc2-c2ccccc2)CC1)C(=O)CCCCCN(C[C@H](O)c1ccc(OCc2ccccc2)c2[nH]c(=O)ccc12)c1ccccc1Cc1ccccc1. The number of carbonyl (C=O) groups is 2. The summed E-state index contributed by atoms with van der Waals surface area (Å²) in [6.45, 7) is 4.34. The Labute approximate surface area is 405 Å². The largest absolute Gasteiger partial charge is 0.487 e. The highest BCUT2D eigenvalue weighted by Crippen LogP contribution is 2.33. The number of anilines is 2. The Kier molecular flexibility index (Phi) is 16.9. The number of likely N-dealkylation sites (N-methyl/N-ethyl adjacent to an activating group) is 1. The van der Waals surface area contributed by atoms with Gasteiger partial charge in [0.2, 0.25) is 11.5 Å². The molecule has 2 heterocycles. The molecule has 2 amide bonds. The van der Waals surface area contributed by atoms with Gasteiger partial charge in [0.1, 0.15) is 18.5 Å². The number of benzene rings is 6. The lowest BCUT2D eigenvalue weighted by Crippen LogP contribution is -2.42. The van der Waals surface area contributed by atoms with Crippen molar-refractivity contribution in [1.82, 2.24) is 14.8 Å². The molecule has 1 aromatic heterocycles. The normalized spacial score (nSPS) is 13.4. The van der Waals surface area contributed by atoms with E-state index >= 15 is 0 Å². The number of nitrogens with zero attached hydrogens (tertiary/aromatic N) is 3. The minimum absolute atomic E-state index is 0.127. The van der Waals surface area contributed by atoms with Crippen LogP contribution in [0.3, 0.4) is 0 Å². The number of hydrogen-bond acceptors (Lipinski definition) is 8. The predicted octanol–water partition coefficient (Wildman–Crippen LogP) is 10.6. The van der Waals surface area contributed by atoms with Crippen molar-refractivity contribution in [3.8, 4) is 16.9 Å². The average Bonchev–Trinajstić information content (AvgIpc) is 3.38. The quantitative estimate of drug-likeness (QED) is 0.0608. The number of para-hydroxylation sites is 2. The van der Waals surface area contributed by atoms with Crippen LogP contribution in [0.15, 0.2) is 169 Å². The Hall–Kier alpha value is -7.21. The molecule has 3 N–H and O–H groups in total. The van der Waals surface area contributed by atoms with Gasteiger partial charge in [0.25, 0.3) is 0 Å². The molecule has 1 aliphatic rings. The summed E-state index contributed by atoms with van der Waals surface area (Å²) in [6.07, 6.45) is 3.64. The van der Waals surface area contributed by atoms with Crippen molar-refractivity contribution in [1.29, 1.82) is 0 Å². The number of aliphatic hydroxyl groups excluding tert-OH is 1. The maximum atomic E-state index is 13.3. The topological polar surface area (TPSA) is 127 Å². The molecule has 1 saturated heterocycles. The van der Waals surface area contributed by atoms with Crippen LogP contribution in [-0.2, 0) is 22.6 Å². The second-order valence-corrected chi connectivity index (χ2v) is 17.9. The molecule has 1 aliphatic heterocycles. The van der Waals surface area contributed by atoms with Crippen molar-refractivity contribution in [2.24, 2.45) is 0 Å². The number of rotatable bonds is 21. The number of aromatic nitrogens is 1. The van der Waals surface area contributed by atoms with E-state index in [0.717, 1.165) is 97.2 Å². The van der Waals surface area contributed by atoms with Crippen molar-refractivity contribution >= 4 is 34.3 Å². The fraction of sp³-hybridized carbons (Fsp3) is 0.293. The van der Waals surface area contributed by atoms with Crippen molar-refractivity contribution in [3.63, 3.8) is 0 Å². The number of piperidine rings is 1. The molecule has 6 aromatic carbocycles. The first-order chi connectivity index (χ1) is 33.8. The van der Waals surface area contributed by atoms with Crippen LogP contribution < -0.4 is 20.5 Å². The van der Waals surface area contributed by atoms with Crippen LogP contribution in [0.4, 0.5) is 16.2 Å². The number of fused-ring (bicyclic) bond motifs is 1. The average molecular weight is 926 g/mol. The van der Waals surface area contributed by atoms with E-state index < -0.39 is 12.2 Å². The van der Waals surface area contributed by atoms with Gasteiger partial charge in [0.05, 0.1) is 17.3 Å². The third kappa shape index (κ3) is 13.5. The maximum Gasteiger partial charge on any atom is 0.411 e. The molecule has 11 heteroatoms. The van der Waals surface area contributed by atoms with Crippen LogP contribution >= 0.6 is 0 Å². The van der Waals surface area contributed by atoms with Crippen molar-refractivity contribution in [2.75, 3.05) is 56.5 Å². The molecule has 0 aliphatic carbocycles. The summed E-state index contributed by atoms with van der Waals surface area (Å²) in [6, 6.07) is 53.3. The molecule has 0 bridgehead atoms. The standard InChI is InChI=1S/C58H63N5O6/c1-61(38-39-62-36-33-47(34-37-62)69-58(67)59-51-26-15-14-25-48(51)45-22-10-4-11-23-45)56(66)28-12-5-17-35-63(52-27-16-13-24-46(52)40-43-18-6-2-7-19-43)41-53(64)49-29-31-54(57-50(49)30-32-55(65)60-57)68-42-44-20-8-3-9-21-44/h2-4,6-11,13-16,18-27,29-32,47,53,64H,5,12,17,28,33-42H2,1H3,(H,59,67)(H,60,65)/t53-/m0/s1. The van der Waals surface area contributed by atoms with Crippen LogP contribution in [0.5, 0.6) is 5.75 Å². The Balaban J connectivity index is 0.826. The van der Waals surface area contributed by atoms with Crippen LogP contribution in [0.25, 0.3) is 22.0 Å². The van der Waals surface area contributed by atoms with Crippen molar-refractivity contribution in [2.45, 2.75) is 63.8 Å². The van der Waals surface area contributed by atoms with Gasteiger partial charge in [0, 0.05) is 75.4 Å². The maximum absolute atomic E-state index is 13.3. The minimum atomic E-state index is -0.882. The lowest BCUT2D eigenvalue weighted by molar-refractivity contribution is -0.130. The van der Waals surface area contributed by atoms with Crippen LogP contribution in [0.1, 0.15) is 66.9 Å². The number of unbranched alkanes of at least 4 members (excludes halogenated alkanes) is 2. The molecule has 1 atom stereocenters. The first-order valence-corrected chi connectivity index (χ1v) is 24.2. The third-order valence-electron chi connectivity index (χ3n) is 13.0. The first-order valence-electron chi connectivity index (χ1n) is 24.2. The molecular formula is C58H63N5O6. The van der Waals surface area contributed by atoms with E-state index in [1.807, 2.05) is 121 Å². The Bertz CT molecular complexity index is 2800. The number of nitrogens with one attached hydrogen (secondary N) is 2. The molecule has 0 radical (unpaired) electrons. The zero-order chi connectivity index (χ0) is 47.8. The van der Waals surface area contributed by atoms with E-state index in [1.54, 1.807) is 6.07 Å². The minimum Gasteiger partial charge on any atom is -0.487 e. The second kappa shape index (κ2) is 24.2. The Morgan fingerprint density at radius 3 is 2.20 bits per heavy atom.